The Bertz CT molecular complexity index is 1360. The average Bonchev–Trinajstić information content (AvgIpc) is 3.10. The maximum Gasteiger partial charge on any atom is 0.282 e. The Kier molecular flexibility index (Phi) is 6.95. The van der Waals surface area contributed by atoms with Crippen LogP contribution in [-0.4, -0.2) is 32.7 Å². The number of hydrogen-bond acceptors (Lipinski definition) is 5. The van der Waals surface area contributed by atoms with E-state index >= 15 is 0 Å². The number of carbonyl (C=O) groups excluding carboxylic acids is 3. The molecule has 0 fully saturated rings. The van der Waals surface area contributed by atoms with Gasteiger partial charge in [-0.05, 0) is 29.8 Å². The van der Waals surface area contributed by atoms with Gasteiger partial charge in [0, 0.05) is 22.7 Å². The third-order valence-corrected chi connectivity index (χ3v) is 7.18. The van der Waals surface area contributed by atoms with Gasteiger partial charge in [0.05, 0.1) is 42.7 Å². The summed E-state index contributed by atoms with van der Waals surface area (Å²) in [5, 5.41) is 11.8. The summed E-state index contributed by atoms with van der Waals surface area (Å²) in [5.41, 5.74) is -0.265. The maximum atomic E-state index is 13.5. The summed E-state index contributed by atoms with van der Waals surface area (Å²) in [6.45, 7) is -0.304. The maximum absolute atomic E-state index is 13.5. The Hall–Kier alpha value is -2.88. The minimum Gasteiger partial charge on any atom is -0.267 e. The van der Waals surface area contributed by atoms with E-state index in [1.807, 2.05) is 0 Å². The van der Waals surface area contributed by atoms with Crippen LogP contribution in [0.25, 0.3) is 0 Å². The van der Waals surface area contributed by atoms with E-state index in [1.165, 1.54) is 48.5 Å². The summed E-state index contributed by atoms with van der Waals surface area (Å²) in [5.74, 6) is -2.63. The van der Waals surface area contributed by atoms with E-state index in [0.29, 0.717) is 15.6 Å². The van der Waals surface area contributed by atoms with Crippen LogP contribution in [0, 0.1) is 10.1 Å². The molecule has 8 nitrogen and oxygen atoms in total. The van der Waals surface area contributed by atoms with Crippen molar-refractivity contribution < 1.29 is 19.3 Å². The first-order valence-electron chi connectivity index (χ1n) is 9.58. The molecule has 1 aliphatic rings. The molecule has 1 heterocycles. The molecule has 0 unspecified atom stereocenters. The van der Waals surface area contributed by atoms with Crippen molar-refractivity contribution in [2.24, 2.45) is 0 Å². The Balaban J connectivity index is 1.82. The number of halogens is 5. The zero-order valence-electron chi connectivity index (χ0n) is 17.1. The zero-order chi connectivity index (χ0) is 25.6. The van der Waals surface area contributed by atoms with Gasteiger partial charge in [0.2, 0.25) is 0 Å². The van der Waals surface area contributed by atoms with Gasteiger partial charge in [-0.3, -0.25) is 24.5 Å². The van der Waals surface area contributed by atoms with Crippen molar-refractivity contribution in [1.82, 2.24) is 10.0 Å². The van der Waals surface area contributed by atoms with Gasteiger partial charge in [-0.25, -0.2) is 5.01 Å². The van der Waals surface area contributed by atoms with Crippen molar-refractivity contribution in [3.8, 4) is 0 Å². The predicted octanol–water partition coefficient (Wildman–Crippen LogP) is 6.72. The number of nitro benzene ring substituents is 1. The second kappa shape index (κ2) is 9.64. The van der Waals surface area contributed by atoms with Crippen LogP contribution in [0.4, 0.5) is 5.69 Å². The molecule has 0 radical (unpaired) electrons. The van der Waals surface area contributed by atoms with Gasteiger partial charge >= 0.3 is 0 Å². The van der Waals surface area contributed by atoms with Gasteiger partial charge in [-0.15, -0.1) is 0 Å². The molecule has 0 saturated heterocycles. The molecule has 3 aromatic carbocycles. The SMILES string of the molecule is O=C(c1ccc(Cl)cc1)N(Cc1ccc([N+](=O)[O-])cc1)N1C(=O)c2c(Cl)c(Cl)c(Cl)c(Cl)c2C1=O. The number of imide groups is 1. The van der Waals surface area contributed by atoms with E-state index in [1.54, 1.807) is 0 Å². The van der Waals surface area contributed by atoms with Crippen LogP contribution in [0.5, 0.6) is 0 Å². The zero-order valence-corrected chi connectivity index (χ0v) is 20.9. The van der Waals surface area contributed by atoms with Crippen LogP contribution in [0.1, 0.15) is 36.6 Å². The fraction of sp³-hybridized carbons (Fsp3) is 0.0455. The molecule has 4 rings (SSSR count). The largest absolute Gasteiger partial charge is 0.282 e. The number of carbonyl (C=O) groups is 3. The number of non-ortho nitro benzene ring substituents is 1. The van der Waals surface area contributed by atoms with Crippen molar-refractivity contribution >= 4 is 81.4 Å². The van der Waals surface area contributed by atoms with Crippen LogP contribution >= 0.6 is 58.0 Å². The predicted molar refractivity (Wildman–Crippen MR) is 131 cm³/mol. The molecule has 0 aromatic heterocycles. The summed E-state index contributed by atoms with van der Waals surface area (Å²) < 4.78 is 0. The lowest BCUT2D eigenvalue weighted by Crippen LogP contribution is -2.49. The highest BCUT2D eigenvalue weighted by molar-refractivity contribution is 6.55. The quantitative estimate of drug-likeness (QED) is 0.111. The van der Waals surface area contributed by atoms with Crippen LogP contribution < -0.4 is 0 Å². The van der Waals surface area contributed by atoms with E-state index in [9.17, 15) is 24.5 Å². The van der Waals surface area contributed by atoms with E-state index in [-0.39, 0.29) is 49.0 Å². The molecule has 0 aliphatic carbocycles. The third kappa shape index (κ3) is 4.44. The minimum absolute atomic E-state index is 0.112. The van der Waals surface area contributed by atoms with Crippen LogP contribution in [0.3, 0.4) is 0 Å². The van der Waals surface area contributed by atoms with Gasteiger partial charge in [-0.1, -0.05) is 70.1 Å². The Labute approximate surface area is 222 Å². The lowest BCUT2D eigenvalue weighted by molar-refractivity contribution is -0.384. The number of benzene rings is 3. The number of hydrogen-bond donors (Lipinski definition) is 0. The van der Waals surface area contributed by atoms with Crippen molar-refractivity contribution in [2.75, 3.05) is 0 Å². The fourth-order valence-corrected chi connectivity index (χ4v) is 4.57. The van der Waals surface area contributed by atoms with Crippen molar-refractivity contribution in [3.05, 3.63) is 106 Å². The molecule has 0 saturated carbocycles. The highest BCUT2D eigenvalue weighted by atomic mass is 35.5. The molecular weight excluding hydrogens is 564 g/mol. The highest BCUT2D eigenvalue weighted by Gasteiger charge is 2.46. The molecule has 178 valence electrons. The first-order valence-corrected chi connectivity index (χ1v) is 11.5. The van der Waals surface area contributed by atoms with Gasteiger partial charge in [0.15, 0.2) is 0 Å². The lowest BCUT2D eigenvalue weighted by Gasteiger charge is -2.30. The Morgan fingerprint density at radius 1 is 0.800 bits per heavy atom. The van der Waals surface area contributed by atoms with E-state index in [0.717, 1.165) is 5.01 Å². The van der Waals surface area contributed by atoms with Crippen LogP contribution in [0.15, 0.2) is 48.5 Å². The molecule has 0 spiro atoms. The second-order valence-corrected chi connectivity index (χ2v) is 9.17. The van der Waals surface area contributed by atoms with Gasteiger partial charge in [0.1, 0.15) is 0 Å². The monoisotopic (exact) mass is 571 g/mol. The molecule has 3 aromatic rings. The average molecular weight is 574 g/mol. The van der Waals surface area contributed by atoms with Crippen molar-refractivity contribution in [3.63, 3.8) is 0 Å². The number of nitro groups is 1. The summed E-state index contributed by atoms with van der Waals surface area (Å²) >= 11 is 30.5. The van der Waals surface area contributed by atoms with Gasteiger partial charge in [0.25, 0.3) is 23.4 Å². The van der Waals surface area contributed by atoms with E-state index in [2.05, 4.69) is 0 Å². The molecule has 13 heteroatoms. The number of amides is 3. The molecular formula is C22H10Cl5N3O5. The molecule has 35 heavy (non-hydrogen) atoms. The summed E-state index contributed by atoms with van der Waals surface area (Å²) in [4.78, 5) is 50.6. The fourth-order valence-electron chi connectivity index (χ4n) is 3.43. The van der Waals surface area contributed by atoms with Gasteiger partial charge < -0.3 is 0 Å². The van der Waals surface area contributed by atoms with Crippen LogP contribution in [-0.2, 0) is 6.54 Å². The van der Waals surface area contributed by atoms with Crippen molar-refractivity contribution in [1.29, 1.82) is 0 Å². The topological polar surface area (TPSA) is 101 Å². The smallest absolute Gasteiger partial charge is 0.267 e. The summed E-state index contributed by atoms with van der Waals surface area (Å²) in [6, 6.07) is 11.0. The van der Waals surface area contributed by atoms with E-state index < -0.39 is 22.6 Å². The van der Waals surface area contributed by atoms with E-state index in [4.69, 9.17) is 58.0 Å². The third-order valence-electron chi connectivity index (χ3n) is 5.13. The lowest BCUT2D eigenvalue weighted by atomic mass is 10.1. The first-order chi connectivity index (χ1) is 16.5. The summed E-state index contributed by atoms with van der Waals surface area (Å²) in [6.07, 6.45) is 0. The molecule has 0 atom stereocenters. The number of rotatable bonds is 5. The standard InChI is InChI=1S/C22H10Cl5N3O5/c23-12-5-3-11(4-6-12)20(31)28(9-10-1-7-13(8-2-10)30(34)35)29-21(32)14-15(22(29)33)17(25)19(27)18(26)16(14)24/h1-8H,9H2. The second-order valence-electron chi connectivity index (χ2n) is 7.22. The summed E-state index contributed by atoms with van der Waals surface area (Å²) in [7, 11) is 0. The number of fused-ring (bicyclic) bond motifs is 1. The molecule has 3 amide bonds. The molecule has 0 N–H and O–H groups in total. The Morgan fingerprint density at radius 2 is 1.29 bits per heavy atom. The van der Waals surface area contributed by atoms with Crippen molar-refractivity contribution in [2.45, 2.75) is 6.54 Å². The van der Waals surface area contributed by atoms with Gasteiger partial charge in [-0.2, -0.15) is 5.01 Å². The first kappa shape index (κ1) is 25.2. The highest BCUT2D eigenvalue weighted by Crippen LogP contribution is 2.45. The Morgan fingerprint density at radius 3 is 1.74 bits per heavy atom. The molecule has 1 aliphatic heterocycles. The van der Waals surface area contributed by atoms with Crippen LogP contribution in [0.2, 0.25) is 25.1 Å². The number of nitrogens with zero attached hydrogens (tertiary/aromatic N) is 3. The minimum atomic E-state index is -0.945. The normalized spacial score (nSPS) is 12.7. The number of hydrazine groups is 1. The molecule has 0 bridgehead atoms.